The van der Waals surface area contributed by atoms with E-state index < -0.39 is 0 Å². The summed E-state index contributed by atoms with van der Waals surface area (Å²) in [6, 6.07) is 11.3. The van der Waals surface area contributed by atoms with E-state index in [9.17, 15) is 4.79 Å². The van der Waals surface area contributed by atoms with Crippen LogP contribution in [-0.4, -0.2) is 37.7 Å². The van der Waals surface area contributed by atoms with Crippen LogP contribution in [0.5, 0.6) is 0 Å². The lowest BCUT2D eigenvalue weighted by Gasteiger charge is -2.21. The molecular weight excluding hydrogens is 306 g/mol. The highest BCUT2D eigenvalue weighted by molar-refractivity contribution is 5.91. The average molecular weight is 323 g/mol. The number of aromatic nitrogens is 4. The number of aromatic amines is 1. The van der Waals surface area contributed by atoms with Gasteiger partial charge in [-0.05, 0) is 19.8 Å². The van der Waals surface area contributed by atoms with Crippen LogP contribution in [0.3, 0.4) is 0 Å². The van der Waals surface area contributed by atoms with Crippen molar-refractivity contribution in [2.24, 2.45) is 0 Å². The number of H-pyrrole nitrogens is 1. The molecule has 3 aromatic rings. The molecule has 2 aromatic heterocycles. The molecule has 1 fully saturated rings. The Balaban J connectivity index is 1.59. The predicted octanol–water partition coefficient (Wildman–Crippen LogP) is 2.75. The molecule has 0 saturated carbocycles. The highest BCUT2D eigenvalue weighted by atomic mass is 16.5. The number of aryl methyl sites for hydroxylation is 1. The average Bonchev–Trinajstić information content (AvgIpc) is 3.34. The van der Waals surface area contributed by atoms with E-state index in [1.807, 2.05) is 30.3 Å². The van der Waals surface area contributed by atoms with E-state index in [1.165, 1.54) is 0 Å². The fraction of sp³-hybridized carbons (Fsp3) is 0.294. The standard InChI is InChI=1S/C17H17N5O2/c1-11-10-14(24-21-11)17(23)22-9-5-8-13(22)16-18-15(19-20-16)12-6-3-2-4-7-12/h2-4,6-7,10,13H,5,8-9H2,1H3,(H,18,19,20)/t13-/m0/s1. The summed E-state index contributed by atoms with van der Waals surface area (Å²) in [4.78, 5) is 19.0. The van der Waals surface area contributed by atoms with Gasteiger partial charge in [0.25, 0.3) is 5.91 Å². The third-order valence-corrected chi connectivity index (χ3v) is 4.20. The monoisotopic (exact) mass is 323 g/mol. The van der Waals surface area contributed by atoms with E-state index in [4.69, 9.17) is 4.52 Å². The maximum Gasteiger partial charge on any atom is 0.293 e. The Morgan fingerprint density at radius 3 is 2.92 bits per heavy atom. The van der Waals surface area contributed by atoms with Crippen molar-refractivity contribution in [2.45, 2.75) is 25.8 Å². The van der Waals surface area contributed by atoms with Gasteiger partial charge in [0.1, 0.15) is 5.82 Å². The van der Waals surface area contributed by atoms with Crippen molar-refractivity contribution < 1.29 is 9.32 Å². The van der Waals surface area contributed by atoms with Gasteiger partial charge in [0.05, 0.1) is 11.7 Å². The zero-order valence-electron chi connectivity index (χ0n) is 13.3. The van der Waals surface area contributed by atoms with Crippen LogP contribution >= 0.6 is 0 Å². The Labute approximate surface area is 138 Å². The molecule has 24 heavy (non-hydrogen) atoms. The molecule has 3 heterocycles. The number of nitrogens with one attached hydrogen (secondary N) is 1. The lowest BCUT2D eigenvalue weighted by Crippen LogP contribution is -2.30. The summed E-state index contributed by atoms with van der Waals surface area (Å²) in [6.07, 6.45) is 1.77. The minimum Gasteiger partial charge on any atom is -0.351 e. The molecule has 0 unspecified atom stereocenters. The highest BCUT2D eigenvalue weighted by Crippen LogP contribution is 2.32. The Hall–Kier alpha value is -2.96. The van der Waals surface area contributed by atoms with Gasteiger partial charge >= 0.3 is 0 Å². The van der Waals surface area contributed by atoms with Gasteiger partial charge in [-0.3, -0.25) is 9.89 Å². The molecule has 1 amide bonds. The minimum atomic E-state index is -0.157. The zero-order valence-corrected chi connectivity index (χ0v) is 13.3. The van der Waals surface area contributed by atoms with E-state index >= 15 is 0 Å². The molecule has 1 N–H and O–H groups in total. The smallest absolute Gasteiger partial charge is 0.293 e. The molecule has 0 aliphatic carbocycles. The second-order valence-corrected chi connectivity index (χ2v) is 5.90. The molecule has 1 saturated heterocycles. The number of amides is 1. The van der Waals surface area contributed by atoms with Crippen LogP contribution in [0.1, 0.15) is 41.0 Å². The van der Waals surface area contributed by atoms with Crippen molar-refractivity contribution in [3.63, 3.8) is 0 Å². The summed E-state index contributed by atoms with van der Waals surface area (Å²) in [6.45, 7) is 2.47. The molecule has 1 aliphatic heterocycles. The number of likely N-dealkylation sites (tertiary alicyclic amines) is 1. The number of carbonyl (C=O) groups is 1. The molecular formula is C17H17N5O2. The Kier molecular flexibility index (Phi) is 3.60. The van der Waals surface area contributed by atoms with Gasteiger partial charge in [0.15, 0.2) is 5.82 Å². The Bertz CT molecular complexity index is 855. The first-order chi connectivity index (χ1) is 11.7. The van der Waals surface area contributed by atoms with Crippen molar-refractivity contribution in [3.8, 4) is 11.4 Å². The van der Waals surface area contributed by atoms with Gasteiger partial charge in [-0.2, -0.15) is 5.10 Å². The van der Waals surface area contributed by atoms with Gasteiger partial charge in [-0.25, -0.2) is 4.98 Å². The number of carbonyl (C=O) groups excluding carboxylic acids is 1. The highest BCUT2D eigenvalue weighted by Gasteiger charge is 2.34. The summed E-state index contributed by atoms with van der Waals surface area (Å²) in [5.41, 5.74) is 1.64. The second kappa shape index (κ2) is 5.92. The first kappa shape index (κ1) is 14.6. The maximum absolute atomic E-state index is 12.7. The van der Waals surface area contributed by atoms with E-state index in [-0.39, 0.29) is 17.7 Å². The third-order valence-electron chi connectivity index (χ3n) is 4.20. The molecule has 0 radical (unpaired) electrons. The fourth-order valence-electron chi connectivity index (χ4n) is 3.04. The van der Waals surface area contributed by atoms with Crippen LogP contribution in [0.4, 0.5) is 0 Å². The minimum absolute atomic E-state index is 0.118. The Morgan fingerprint density at radius 2 is 2.17 bits per heavy atom. The maximum atomic E-state index is 12.7. The van der Waals surface area contributed by atoms with Crippen LogP contribution in [-0.2, 0) is 0 Å². The Morgan fingerprint density at radius 1 is 1.33 bits per heavy atom. The molecule has 0 bridgehead atoms. The number of benzene rings is 1. The normalized spacial score (nSPS) is 17.4. The molecule has 7 nitrogen and oxygen atoms in total. The largest absolute Gasteiger partial charge is 0.351 e. The topological polar surface area (TPSA) is 87.9 Å². The summed E-state index contributed by atoms with van der Waals surface area (Å²) in [5, 5.41) is 11.1. The third kappa shape index (κ3) is 2.58. The molecule has 4 rings (SSSR count). The van der Waals surface area contributed by atoms with Gasteiger partial charge in [0.2, 0.25) is 5.76 Å². The van der Waals surface area contributed by atoms with Crippen molar-refractivity contribution in [3.05, 3.63) is 53.7 Å². The molecule has 1 aromatic carbocycles. The van der Waals surface area contributed by atoms with Crippen LogP contribution in [0.25, 0.3) is 11.4 Å². The van der Waals surface area contributed by atoms with E-state index in [0.29, 0.717) is 23.9 Å². The van der Waals surface area contributed by atoms with Gasteiger partial charge in [-0.15, -0.1) is 0 Å². The van der Waals surface area contributed by atoms with Crippen LogP contribution in [0.2, 0.25) is 0 Å². The van der Waals surface area contributed by atoms with E-state index in [2.05, 4.69) is 20.3 Å². The predicted molar refractivity (Wildman–Crippen MR) is 86.1 cm³/mol. The lowest BCUT2D eigenvalue weighted by atomic mass is 10.2. The first-order valence-corrected chi connectivity index (χ1v) is 7.94. The lowest BCUT2D eigenvalue weighted by molar-refractivity contribution is 0.0687. The summed E-state index contributed by atoms with van der Waals surface area (Å²) in [7, 11) is 0. The van der Waals surface area contributed by atoms with Crippen molar-refractivity contribution in [1.29, 1.82) is 0 Å². The molecule has 1 atom stereocenters. The second-order valence-electron chi connectivity index (χ2n) is 5.90. The summed E-state index contributed by atoms with van der Waals surface area (Å²) >= 11 is 0. The van der Waals surface area contributed by atoms with Crippen molar-refractivity contribution in [1.82, 2.24) is 25.2 Å². The zero-order chi connectivity index (χ0) is 16.5. The van der Waals surface area contributed by atoms with Crippen LogP contribution < -0.4 is 0 Å². The summed E-state index contributed by atoms with van der Waals surface area (Å²) < 4.78 is 5.11. The van der Waals surface area contributed by atoms with Crippen LogP contribution in [0.15, 0.2) is 40.9 Å². The summed E-state index contributed by atoms with van der Waals surface area (Å²) in [5.74, 6) is 1.45. The van der Waals surface area contributed by atoms with Crippen LogP contribution in [0, 0.1) is 6.92 Å². The van der Waals surface area contributed by atoms with Gasteiger partial charge in [-0.1, -0.05) is 35.5 Å². The molecule has 0 spiro atoms. The fourth-order valence-corrected chi connectivity index (χ4v) is 3.04. The number of rotatable bonds is 3. The van der Waals surface area contributed by atoms with E-state index in [0.717, 1.165) is 18.4 Å². The quantitative estimate of drug-likeness (QED) is 0.800. The number of hydrogen-bond acceptors (Lipinski definition) is 5. The molecule has 122 valence electrons. The van der Waals surface area contributed by atoms with Gasteiger partial charge < -0.3 is 9.42 Å². The number of hydrogen-bond donors (Lipinski definition) is 1. The van der Waals surface area contributed by atoms with Gasteiger partial charge in [0, 0.05) is 18.2 Å². The SMILES string of the molecule is Cc1cc(C(=O)N2CCC[C@H]2c2nc(-c3ccccc3)n[nH]2)on1. The number of nitrogens with zero attached hydrogens (tertiary/aromatic N) is 4. The van der Waals surface area contributed by atoms with E-state index in [1.54, 1.807) is 17.9 Å². The molecule has 7 heteroatoms. The van der Waals surface area contributed by atoms with Crippen molar-refractivity contribution >= 4 is 5.91 Å². The molecule has 1 aliphatic rings. The first-order valence-electron chi connectivity index (χ1n) is 7.94. The van der Waals surface area contributed by atoms with Crippen molar-refractivity contribution in [2.75, 3.05) is 6.54 Å².